The van der Waals surface area contributed by atoms with Gasteiger partial charge in [0.05, 0.1) is 23.6 Å². The van der Waals surface area contributed by atoms with Crippen LogP contribution in [0.15, 0.2) is 36.7 Å². The molecule has 0 fully saturated rings. The van der Waals surface area contributed by atoms with E-state index in [1.807, 2.05) is 0 Å². The third-order valence-electron chi connectivity index (χ3n) is 2.36. The topological polar surface area (TPSA) is 80.9 Å². The molecule has 5 nitrogen and oxygen atoms in total. The van der Waals surface area contributed by atoms with Crippen LogP contribution in [-0.4, -0.2) is 16.1 Å². The molecule has 2 rings (SSSR count). The largest absolute Gasteiger partial charge is 0.326 e. The first-order valence-corrected chi connectivity index (χ1v) is 5.27. The minimum absolute atomic E-state index is 0.106. The summed E-state index contributed by atoms with van der Waals surface area (Å²) in [5.41, 5.74) is 6.47. The highest BCUT2D eigenvalue weighted by molar-refractivity contribution is 6.04. The summed E-state index contributed by atoms with van der Waals surface area (Å²) in [5.74, 6) is -0.961. The fraction of sp³-hybridized carbons (Fsp3) is 0.0833. The molecular formula is C12H11FN4O. The van der Waals surface area contributed by atoms with Crippen LogP contribution in [-0.2, 0) is 6.54 Å². The fourth-order valence-corrected chi connectivity index (χ4v) is 1.41. The number of carbonyl (C=O) groups is 1. The zero-order valence-electron chi connectivity index (χ0n) is 9.43. The molecule has 1 amide bonds. The average Bonchev–Trinajstić information content (AvgIpc) is 2.42. The lowest BCUT2D eigenvalue weighted by Crippen LogP contribution is -2.13. The number of benzene rings is 1. The van der Waals surface area contributed by atoms with Crippen molar-refractivity contribution >= 4 is 11.6 Å². The van der Waals surface area contributed by atoms with Crippen LogP contribution in [0.2, 0.25) is 0 Å². The fourth-order valence-electron chi connectivity index (χ4n) is 1.41. The van der Waals surface area contributed by atoms with Gasteiger partial charge in [0.25, 0.3) is 5.91 Å². The zero-order valence-corrected chi connectivity index (χ0v) is 9.43. The van der Waals surface area contributed by atoms with Gasteiger partial charge in [0, 0.05) is 6.54 Å². The van der Waals surface area contributed by atoms with E-state index in [2.05, 4.69) is 15.5 Å². The van der Waals surface area contributed by atoms with Gasteiger partial charge in [-0.05, 0) is 23.8 Å². The lowest BCUT2D eigenvalue weighted by atomic mass is 10.2. The second kappa shape index (κ2) is 5.33. The van der Waals surface area contributed by atoms with Crippen molar-refractivity contribution in [3.63, 3.8) is 0 Å². The quantitative estimate of drug-likeness (QED) is 0.856. The van der Waals surface area contributed by atoms with Crippen molar-refractivity contribution in [3.05, 3.63) is 53.6 Å². The predicted octanol–water partition coefficient (Wildman–Crippen LogP) is 1.33. The molecule has 1 aromatic heterocycles. The summed E-state index contributed by atoms with van der Waals surface area (Å²) in [6.45, 7) is 0.249. The van der Waals surface area contributed by atoms with E-state index in [0.29, 0.717) is 11.1 Å². The predicted molar refractivity (Wildman–Crippen MR) is 64.3 cm³/mol. The number of nitrogens with two attached hydrogens (primary N) is 1. The molecule has 0 atom stereocenters. The van der Waals surface area contributed by atoms with Crippen molar-refractivity contribution in [2.45, 2.75) is 6.54 Å². The molecule has 1 heterocycles. The standard InChI is InChI=1S/C12H11FN4O/c13-10-5-8(6-14)1-2-11(10)17-12(18)9-3-4-15-16-7-9/h1-5,7H,6,14H2,(H,17,18). The Morgan fingerprint density at radius 3 is 2.78 bits per heavy atom. The van der Waals surface area contributed by atoms with Gasteiger partial charge in [-0.3, -0.25) is 4.79 Å². The van der Waals surface area contributed by atoms with Crippen molar-refractivity contribution in [1.29, 1.82) is 0 Å². The molecule has 0 aliphatic rings. The van der Waals surface area contributed by atoms with Gasteiger partial charge in [-0.15, -0.1) is 0 Å². The van der Waals surface area contributed by atoms with Crippen molar-refractivity contribution in [3.8, 4) is 0 Å². The lowest BCUT2D eigenvalue weighted by molar-refractivity contribution is 0.102. The molecule has 0 saturated heterocycles. The maximum Gasteiger partial charge on any atom is 0.257 e. The van der Waals surface area contributed by atoms with Gasteiger partial charge < -0.3 is 11.1 Å². The van der Waals surface area contributed by atoms with Crippen LogP contribution >= 0.6 is 0 Å². The van der Waals surface area contributed by atoms with Crippen LogP contribution in [0.1, 0.15) is 15.9 Å². The highest BCUT2D eigenvalue weighted by atomic mass is 19.1. The maximum absolute atomic E-state index is 13.6. The van der Waals surface area contributed by atoms with Gasteiger partial charge in [-0.2, -0.15) is 10.2 Å². The summed E-state index contributed by atoms with van der Waals surface area (Å²) >= 11 is 0. The summed E-state index contributed by atoms with van der Waals surface area (Å²) in [7, 11) is 0. The monoisotopic (exact) mass is 246 g/mol. The Bertz CT molecular complexity index is 559. The number of nitrogens with zero attached hydrogens (tertiary/aromatic N) is 2. The van der Waals surface area contributed by atoms with Crippen molar-refractivity contribution in [2.75, 3.05) is 5.32 Å². The van der Waals surface area contributed by atoms with Gasteiger partial charge in [0.2, 0.25) is 0 Å². The number of hydrogen-bond donors (Lipinski definition) is 2. The smallest absolute Gasteiger partial charge is 0.257 e. The summed E-state index contributed by atoms with van der Waals surface area (Å²) in [6.07, 6.45) is 2.70. The zero-order chi connectivity index (χ0) is 13.0. The van der Waals surface area contributed by atoms with Crippen LogP contribution < -0.4 is 11.1 Å². The molecule has 1 aromatic carbocycles. The summed E-state index contributed by atoms with van der Waals surface area (Å²) in [4.78, 5) is 11.8. The Kier molecular flexibility index (Phi) is 3.59. The minimum atomic E-state index is -0.520. The molecule has 0 bridgehead atoms. The number of carbonyl (C=O) groups excluding carboxylic acids is 1. The summed E-state index contributed by atoms with van der Waals surface area (Å²) in [5, 5.41) is 9.59. The van der Waals surface area contributed by atoms with E-state index in [1.54, 1.807) is 6.07 Å². The van der Waals surface area contributed by atoms with Crippen LogP contribution in [0, 0.1) is 5.82 Å². The molecule has 2 aromatic rings. The van der Waals surface area contributed by atoms with E-state index in [-0.39, 0.29) is 12.2 Å². The first-order valence-electron chi connectivity index (χ1n) is 5.27. The molecule has 0 spiro atoms. The van der Waals surface area contributed by atoms with E-state index in [1.165, 1.54) is 30.6 Å². The number of rotatable bonds is 3. The van der Waals surface area contributed by atoms with Crippen molar-refractivity contribution in [1.82, 2.24) is 10.2 Å². The third-order valence-corrected chi connectivity index (χ3v) is 2.36. The van der Waals surface area contributed by atoms with E-state index >= 15 is 0 Å². The number of aromatic nitrogens is 2. The summed E-state index contributed by atoms with van der Waals surface area (Å²) < 4.78 is 13.6. The lowest BCUT2D eigenvalue weighted by Gasteiger charge is -2.07. The molecule has 0 saturated carbocycles. The Balaban J connectivity index is 2.17. The van der Waals surface area contributed by atoms with Crippen LogP contribution in [0.3, 0.4) is 0 Å². The average molecular weight is 246 g/mol. The highest BCUT2D eigenvalue weighted by Gasteiger charge is 2.09. The number of nitrogens with one attached hydrogen (secondary N) is 1. The first kappa shape index (κ1) is 12.1. The van der Waals surface area contributed by atoms with Crippen molar-refractivity contribution < 1.29 is 9.18 Å². The van der Waals surface area contributed by atoms with Gasteiger partial charge >= 0.3 is 0 Å². The van der Waals surface area contributed by atoms with Crippen LogP contribution in [0.25, 0.3) is 0 Å². The SMILES string of the molecule is NCc1ccc(NC(=O)c2ccnnc2)c(F)c1. The number of amides is 1. The molecule has 18 heavy (non-hydrogen) atoms. The molecule has 6 heteroatoms. The maximum atomic E-state index is 13.6. The Morgan fingerprint density at radius 2 is 2.17 bits per heavy atom. The van der Waals surface area contributed by atoms with Gasteiger partial charge in [-0.1, -0.05) is 6.07 Å². The Morgan fingerprint density at radius 1 is 1.33 bits per heavy atom. The van der Waals surface area contributed by atoms with E-state index < -0.39 is 11.7 Å². The first-order chi connectivity index (χ1) is 8.70. The number of hydrogen-bond acceptors (Lipinski definition) is 4. The van der Waals surface area contributed by atoms with Gasteiger partial charge in [0.1, 0.15) is 5.82 Å². The van der Waals surface area contributed by atoms with Gasteiger partial charge in [-0.25, -0.2) is 4.39 Å². The minimum Gasteiger partial charge on any atom is -0.326 e. The van der Waals surface area contributed by atoms with Gasteiger partial charge in [0.15, 0.2) is 0 Å². The normalized spacial score (nSPS) is 10.1. The Hall–Kier alpha value is -2.34. The summed E-state index contributed by atoms with van der Waals surface area (Å²) in [6, 6.07) is 5.92. The second-order valence-electron chi connectivity index (χ2n) is 3.60. The molecule has 0 aliphatic carbocycles. The van der Waals surface area contributed by atoms with Crippen molar-refractivity contribution in [2.24, 2.45) is 5.73 Å². The number of anilines is 1. The molecule has 0 radical (unpaired) electrons. The molecule has 0 unspecified atom stereocenters. The Labute approximate surface area is 103 Å². The molecule has 3 N–H and O–H groups in total. The van der Waals surface area contributed by atoms with Crippen LogP contribution in [0.4, 0.5) is 10.1 Å². The molecule has 0 aliphatic heterocycles. The third kappa shape index (κ3) is 2.67. The molecular weight excluding hydrogens is 235 g/mol. The number of halogens is 1. The van der Waals surface area contributed by atoms with E-state index in [0.717, 1.165) is 0 Å². The van der Waals surface area contributed by atoms with E-state index in [4.69, 9.17) is 5.73 Å². The highest BCUT2D eigenvalue weighted by Crippen LogP contribution is 2.16. The molecule has 92 valence electrons. The van der Waals surface area contributed by atoms with Crippen LogP contribution in [0.5, 0.6) is 0 Å². The van der Waals surface area contributed by atoms with E-state index in [9.17, 15) is 9.18 Å². The second-order valence-corrected chi connectivity index (χ2v) is 3.60.